The molecule has 1 atom stereocenters. The molecule has 216 valence electrons. The van der Waals surface area contributed by atoms with E-state index in [2.05, 4.69) is 19.9 Å². The molecular weight excluding hydrogens is 581 g/mol. The van der Waals surface area contributed by atoms with E-state index in [4.69, 9.17) is 4.74 Å². The number of carbonyl (C=O) groups excluding carboxylic acids is 1. The van der Waals surface area contributed by atoms with Crippen molar-refractivity contribution >= 4 is 40.0 Å². The predicted octanol–water partition coefficient (Wildman–Crippen LogP) is 5.26. The van der Waals surface area contributed by atoms with Crippen LogP contribution in [0, 0.1) is 17.1 Å². The van der Waals surface area contributed by atoms with E-state index < -0.39 is 46.6 Å². The van der Waals surface area contributed by atoms with Gasteiger partial charge in [-0.15, -0.1) is 11.3 Å². The van der Waals surface area contributed by atoms with Gasteiger partial charge in [-0.25, -0.2) is 13.8 Å². The second-order valence-corrected chi connectivity index (χ2v) is 10.0. The van der Waals surface area contributed by atoms with Gasteiger partial charge in [0.15, 0.2) is 11.6 Å². The van der Waals surface area contributed by atoms with Crippen LogP contribution in [-0.4, -0.2) is 63.5 Å². The third-order valence-corrected chi connectivity index (χ3v) is 7.31. The summed E-state index contributed by atoms with van der Waals surface area (Å²) in [5.41, 5.74) is -2.40. The number of alkyl halides is 3. The first-order valence-electron chi connectivity index (χ1n) is 12.4. The van der Waals surface area contributed by atoms with E-state index >= 15 is 4.39 Å². The van der Waals surface area contributed by atoms with Crippen LogP contribution in [0.4, 0.5) is 27.8 Å². The van der Waals surface area contributed by atoms with E-state index in [1.54, 1.807) is 10.3 Å². The predicted molar refractivity (Wildman–Crippen MR) is 143 cm³/mol. The number of halogens is 5. The van der Waals surface area contributed by atoms with Crippen molar-refractivity contribution in [3.8, 4) is 23.3 Å². The quantitative estimate of drug-likeness (QED) is 0.218. The Morgan fingerprint density at radius 1 is 1.24 bits per heavy atom. The maximum atomic E-state index is 15.9. The highest BCUT2D eigenvalue weighted by molar-refractivity contribution is 7.10. The Bertz CT molecular complexity index is 1710. The number of fused-ring (bicyclic) bond motifs is 1. The molecular formula is C27H20F5N7O2S. The molecule has 0 spiro atoms. The maximum Gasteiger partial charge on any atom is 0.417 e. The number of rotatable bonds is 6. The number of aromatic nitrogens is 4. The Kier molecular flexibility index (Phi) is 7.99. The molecule has 5 rings (SSSR count). The van der Waals surface area contributed by atoms with Gasteiger partial charge in [0.25, 0.3) is 5.91 Å². The highest BCUT2D eigenvalue weighted by atomic mass is 32.1. The maximum absolute atomic E-state index is 15.9. The summed E-state index contributed by atoms with van der Waals surface area (Å²) in [6.45, 7) is 0.109. The summed E-state index contributed by atoms with van der Waals surface area (Å²) in [6.07, 6.45) is -1.23. The summed E-state index contributed by atoms with van der Waals surface area (Å²) in [5, 5.41) is 11.4. The molecule has 1 aromatic carbocycles. The van der Waals surface area contributed by atoms with Crippen molar-refractivity contribution in [3.05, 3.63) is 64.3 Å². The molecule has 1 fully saturated rings. The van der Waals surface area contributed by atoms with Crippen LogP contribution in [0.2, 0.25) is 0 Å². The Morgan fingerprint density at radius 3 is 2.71 bits per heavy atom. The lowest BCUT2D eigenvalue weighted by atomic mass is 10.0. The highest BCUT2D eigenvalue weighted by Crippen LogP contribution is 2.39. The van der Waals surface area contributed by atoms with Crippen molar-refractivity contribution in [3.63, 3.8) is 0 Å². The van der Waals surface area contributed by atoms with Crippen molar-refractivity contribution in [1.29, 1.82) is 5.26 Å². The van der Waals surface area contributed by atoms with E-state index in [1.807, 2.05) is 6.07 Å². The summed E-state index contributed by atoms with van der Waals surface area (Å²) < 4.78 is 76.8. The zero-order chi connectivity index (χ0) is 30.0. The van der Waals surface area contributed by atoms with Crippen molar-refractivity contribution in [2.45, 2.75) is 18.6 Å². The van der Waals surface area contributed by atoms with E-state index in [-0.39, 0.29) is 48.8 Å². The highest BCUT2D eigenvalue weighted by Gasteiger charge is 2.36. The monoisotopic (exact) mass is 601 g/mol. The van der Waals surface area contributed by atoms with Gasteiger partial charge in [0.1, 0.15) is 22.0 Å². The van der Waals surface area contributed by atoms with Crippen molar-refractivity contribution in [2.24, 2.45) is 0 Å². The second kappa shape index (κ2) is 11.6. The molecule has 0 N–H and O–H groups in total. The summed E-state index contributed by atoms with van der Waals surface area (Å²) in [4.78, 5) is 32.1. The molecule has 1 saturated heterocycles. The minimum Gasteiger partial charge on any atom is -0.467 e. The SMILES string of the molecule is COc1nc(N2CCN(C(=O)/C(F)=C/c3nccs3)C(CC#N)C2)c2cnc(-c3ccccc3C(F)(F)F)c(F)c2n1. The van der Waals surface area contributed by atoms with Crippen LogP contribution >= 0.6 is 11.3 Å². The lowest BCUT2D eigenvalue weighted by Gasteiger charge is -2.41. The molecule has 0 bridgehead atoms. The van der Waals surface area contributed by atoms with Crippen LogP contribution < -0.4 is 9.64 Å². The van der Waals surface area contributed by atoms with Gasteiger partial charge in [-0.2, -0.15) is 28.4 Å². The third kappa shape index (κ3) is 5.57. The van der Waals surface area contributed by atoms with Gasteiger partial charge < -0.3 is 14.5 Å². The van der Waals surface area contributed by atoms with Crippen LogP contribution in [-0.2, 0) is 11.0 Å². The van der Waals surface area contributed by atoms with Crippen molar-refractivity contribution in [2.75, 3.05) is 31.6 Å². The summed E-state index contributed by atoms with van der Waals surface area (Å²) >= 11 is 1.15. The van der Waals surface area contributed by atoms with Gasteiger partial charge in [-0.3, -0.25) is 9.78 Å². The molecule has 0 radical (unpaired) electrons. The Morgan fingerprint density at radius 2 is 2.02 bits per heavy atom. The molecule has 4 aromatic rings. The van der Waals surface area contributed by atoms with Gasteiger partial charge >= 0.3 is 12.2 Å². The molecule has 0 saturated carbocycles. The molecule has 15 heteroatoms. The molecule has 9 nitrogen and oxygen atoms in total. The topological polar surface area (TPSA) is 108 Å². The Labute approximate surface area is 239 Å². The number of ether oxygens (including phenoxy) is 1. The van der Waals surface area contributed by atoms with Gasteiger partial charge in [-0.05, 0) is 6.07 Å². The standard InChI is InChI=1S/C27H20F5N7O2S/c1-41-26-36-23-17(13-35-22(21(23)29)16-4-2-3-5-18(16)27(30,31)32)24(37-26)38-9-10-39(15(14-38)6-7-33)25(40)19(28)12-20-34-8-11-42-20/h2-5,8,11-13,15H,6,9-10,14H2,1H3/b19-12-. The fourth-order valence-electron chi connectivity index (χ4n) is 4.69. The van der Waals surface area contributed by atoms with Gasteiger partial charge in [0, 0.05) is 49.0 Å². The lowest BCUT2D eigenvalue weighted by Crippen LogP contribution is -2.55. The number of nitriles is 1. The second-order valence-electron chi connectivity index (χ2n) is 9.08. The smallest absolute Gasteiger partial charge is 0.417 e. The molecule has 0 aliphatic carbocycles. The number of nitrogens with zero attached hydrogens (tertiary/aromatic N) is 7. The van der Waals surface area contributed by atoms with Crippen LogP contribution in [0.25, 0.3) is 28.2 Å². The number of piperazine rings is 1. The number of thiazole rings is 1. The third-order valence-electron chi connectivity index (χ3n) is 6.59. The number of methoxy groups -OCH3 is 1. The van der Waals surface area contributed by atoms with Gasteiger partial charge in [0.2, 0.25) is 0 Å². The van der Waals surface area contributed by atoms with Crippen molar-refractivity contribution < 1.29 is 31.5 Å². The number of benzene rings is 1. The molecule has 1 unspecified atom stereocenters. The minimum atomic E-state index is -4.75. The first kappa shape index (κ1) is 28.8. The van der Waals surface area contributed by atoms with Crippen LogP contribution in [0.5, 0.6) is 6.01 Å². The minimum absolute atomic E-state index is 0.00886. The number of amides is 1. The fraction of sp³-hybridized carbons (Fsp3) is 0.259. The van der Waals surface area contributed by atoms with Crippen LogP contribution in [0.15, 0.2) is 47.9 Å². The lowest BCUT2D eigenvalue weighted by molar-refractivity contribution is -0.137. The normalized spacial score (nSPS) is 16.0. The number of hydrogen-bond donors (Lipinski definition) is 0. The van der Waals surface area contributed by atoms with E-state index in [9.17, 15) is 27.6 Å². The molecule has 1 aliphatic heterocycles. The number of carbonyl (C=O) groups is 1. The summed E-state index contributed by atoms with van der Waals surface area (Å²) in [7, 11) is 1.25. The van der Waals surface area contributed by atoms with Crippen molar-refractivity contribution in [1.82, 2.24) is 24.8 Å². The van der Waals surface area contributed by atoms with E-state index in [0.29, 0.717) is 5.01 Å². The van der Waals surface area contributed by atoms with Gasteiger partial charge in [0.05, 0.1) is 36.6 Å². The molecule has 4 heterocycles. The Balaban J connectivity index is 1.52. The molecule has 42 heavy (non-hydrogen) atoms. The fourth-order valence-corrected chi connectivity index (χ4v) is 5.24. The first-order valence-corrected chi connectivity index (χ1v) is 13.3. The van der Waals surface area contributed by atoms with Crippen LogP contribution in [0.1, 0.15) is 17.0 Å². The van der Waals surface area contributed by atoms with Crippen LogP contribution in [0.3, 0.4) is 0 Å². The Hall–Kier alpha value is -4.71. The zero-order valence-electron chi connectivity index (χ0n) is 21.8. The number of anilines is 1. The largest absolute Gasteiger partial charge is 0.467 e. The molecule has 1 amide bonds. The summed E-state index contributed by atoms with van der Waals surface area (Å²) in [6, 6.07) is 5.45. The summed E-state index contributed by atoms with van der Waals surface area (Å²) in [5.74, 6) is -2.92. The van der Waals surface area contributed by atoms with E-state index in [1.165, 1.54) is 36.5 Å². The van der Waals surface area contributed by atoms with E-state index in [0.717, 1.165) is 29.5 Å². The average Bonchev–Trinajstić information content (AvgIpc) is 3.49. The first-order chi connectivity index (χ1) is 20.1. The van der Waals surface area contributed by atoms with Gasteiger partial charge in [-0.1, -0.05) is 18.2 Å². The molecule has 1 aliphatic rings. The zero-order valence-corrected chi connectivity index (χ0v) is 22.6. The molecule has 3 aromatic heterocycles. The average molecular weight is 602 g/mol. The number of hydrogen-bond acceptors (Lipinski definition) is 9. The number of pyridine rings is 1.